The van der Waals surface area contributed by atoms with Crippen molar-refractivity contribution in [2.45, 2.75) is 105 Å². The van der Waals surface area contributed by atoms with Gasteiger partial charge in [-0.15, -0.1) is 0 Å². The van der Waals surface area contributed by atoms with Crippen molar-refractivity contribution in [3.63, 3.8) is 0 Å². The quantitative estimate of drug-likeness (QED) is 0.128. The molecule has 6 heteroatoms. The Bertz CT molecular complexity index is 3990. The first-order valence-corrected chi connectivity index (χ1v) is 28.4. The van der Waals surface area contributed by atoms with Crippen LogP contribution in [0.5, 0.6) is 23.0 Å². The Kier molecular flexibility index (Phi) is 10.2. The predicted molar refractivity (Wildman–Crippen MR) is 323 cm³/mol. The Labute approximate surface area is 447 Å². The van der Waals surface area contributed by atoms with Crippen LogP contribution in [0.25, 0.3) is 77.2 Å². The van der Waals surface area contributed by atoms with Crippen LogP contribution < -0.4 is 42.3 Å². The molecule has 9 aromatic carbocycles. The van der Waals surface area contributed by atoms with Crippen LogP contribution in [0.2, 0.25) is 0 Å². The van der Waals surface area contributed by atoms with Crippen LogP contribution in [0.4, 0.5) is 0 Å². The lowest BCUT2D eigenvalue weighted by Gasteiger charge is -2.41. The minimum Gasteiger partial charge on any atom is -0.456 e. The van der Waals surface area contributed by atoms with Crippen molar-refractivity contribution < 1.29 is 9.47 Å². The summed E-state index contributed by atoms with van der Waals surface area (Å²) in [5, 5.41) is 5.23. The molecule has 0 fully saturated rings. The molecular weight excluding hydrogens is 922 g/mol. The van der Waals surface area contributed by atoms with Crippen molar-refractivity contribution >= 4 is 89.8 Å². The maximum atomic E-state index is 7.86. The average Bonchev–Trinajstić information content (AvgIpc) is 3.81. The Morgan fingerprint density at radius 3 is 1.14 bits per heavy atom. The number of fused-ring (bicyclic) bond motifs is 16. The second kappa shape index (κ2) is 16.9. The van der Waals surface area contributed by atoms with Crippen molar-refractivity contribution in [1.29, 1.82) is 0 Å². The van der Waals surface area contributed by atoms with Crippen LogP contribution >= 0.6 is 0 Å². The van der Waals surface area contributed by atoms with E-state index in [-0.39, 0.29) is 13.4 Å². The van der Waals surface area contributed by atoms with E-state index in [0.29, 0.717) is 23.7 Å². The van der Waals surface area contributed by atoms with Gasteiger partial charge in [0.1, 0.15) is 23.0 Å². The van der Waals surface area contributed by atoms with Crippen LogP contribution in [0, 0.1) is 0 Å². The van der Waals surface area contributed by atoms with Crippen LogP contribution in [-0.4, -0.2) is 22.6 Å². The lowest BCUT2D eigenvalue weighted by molar-refractivity contribution is 0.472. The molecule has 2 aromatic heterocycles. The smallest absolute Gasteiger partial charge is 0.256 e. The monoisotopic (exact) mass is 984 g/mol. The summed E-state index contributed by atoms with van der Waals surface area (Å²) < 4.78 is 21.0. The number of rotatable bonds is 10. The molecule has 6 heterocycles. The van der Waals surface area contributed by atoms with Crippen LogP contribution in [0.3, 0.4) is 0 Å². The van der Waals surface area contributed by atoms with Gasteiger partial charge in [0, 0.05) is 43.5 Å². The summed E-state index contributed by atoms with van der Waals surface area (Å²) in [7, 11) is 0. The van der Waals surface area contributed by atoms with E-state index in [9.17, 15) is 0 Å². The maximum Gasteiger partial charge on any atom is 0.256 e. The zero-order valence-corrected chi connectivity index (χ0v) is 45.0. The van der Waals surface area contributed by atoms with Gasteiger partial charge in [-0.25, -0.2) is 0 Å². The van der Waals surface area contributed by atoms with Crippen LogP contribution in [0.1, 0.15) is 127 Å². The number of ether oxygens (including phenoxy) is 2. The van der Waals surface area contributed by atoms with Gasteiger partial charge in [0.2, 0.25) is 0 Å². The van der Waals surface area contributed by atoms with Crippen molar-refractivity contribution in [1.82, 2.24) is 9.13 Å². The summed E-state index contributed by atoms with van der Waals surface area (Å²) in [5.41, 5.74) is 24.9. The Hall–Kier alpha value is -7.69. The number of hydrogen-bond acceptors (Lipinski definition) is 2. The fourth-order valence-corrected chi connectivity index (χ4v) is 13.9. The normalized spacial score (nSPS) is 15.0. The van der Waals surface area contributed by atoms with Gasteiger partial charge in [-0.05, 0) is 164 Å². The molecule has 370 valence electrons. The summed E-state index contributed by atoms with van der Waals surface area (Å²) in [4.78, 5) is 0. The summed E-state index contributed by atoms with van der Waals surface area (Å²) in [5.74, 6) is 5.29. The molecule has 0 aliphatic carbocycles. The maximum absolute atomic E-state index is 7.86. The van der Waals surface area contributed by atoms with E-state index >= 15 is 0 Å². The molecule has 76 heavy (non-hydrogen) atoms. The zero-order valence-electron chi connectivity index (χ0n) is 45.0. The highest BCUT2D eigenvalue weighted by Gasteiger charge is 2.51. The fraction of sp³-hybridized carbons (Fsp3) is 0.229. The summed E-state index contributed by atoms with van der Waals surface area (Å²) in [6.45, 7) is 18.5. The molecule has 0 amide bonds. The molecule has 4 aliphatic rings. The third kappa shape index (κ3) is 6.27. The molecule has 4 aliphatic heterocycles. The van der Waals surface area contributed by atoms with Gasteiger partial charge >= 0.3 is 0 Å². The molecule has 0 spiro atoms. The highest BCUT2D eigenvalue weighted by atomic mass is 16.5. The molecule has 0 radical (unpaired) electrons. The van der Waals surface area contributed by atoms with Crippen molar-refractivity contribution in [2.24, 2.45) is 0 Å². The van der Waals surface area contributed by atoms with Crippen LogP contribution in [-0.2, 0) is 0 Å². The zero-order chi connectivity index (χ0) is 51.4. The van der Waals surface area contributed by atoms with Gasteiger partial charge in [-0.1, -0.05) is 165 Å². The average molecular weight is 985 g/mol. The van der Waals surface area contributed by atoms with E-state index in [2.05, 4.69) is 222 Å². The second-order valence-corrected chi connectivity index (χ2v) is 23.0. The molecular formula is C70H62B2N2O2. The minimum atomic E-state index is -0.149. The van der Waals surface area contributed by atoms with Gasteiger partial charge in [0.25, 0.3) is 13.4 Å². The number of hydrogen-bond donors (Lipinski definition) is 0. The van der Waals surface area contributed by atoms with Crippen molar-refractivity contribution in [3.8, 4) is 56.6 Å². The molecule has 11 aromatic rings. The first kappa shape index (κ1) is 45.7. The molecule has 0 N–H and O–H groups in total. The van der Waals surface area contributed by atoms with Gasteiger partial charge in [-0.2, -0.15) is 0 Å². The molecule has 0 saturated heterocycles. The van der Waals surface area contributed by atoms with Crippen LogP contribution in [0.15, 0.2) is 158 Å². The topological polar surface area (TPSA) is 28.3 Å². The molecule has 0 bridgehead atoms. The van der Waals surface area contributed by atoms with Gasteiger partial charge in [-0.3, -0.25) is 0 Å². The van der Waals surface area contributed by atoms with Gasteiger partial charge in [0.05, 0.1) is 22.4 Å². The first-order valence-electron chi connectivity index (χ1n) is 28.4. The number of benzene rings is 9. The molecule has 0 saturated carbocycles. The summed E-state index contributed by atoms with van der Waals surface area (Å²) in [6, 6.07) is 60.5. The Morgan fingerprint density at radius 1 is 0.368 bits per heavy atom. The highest BCUT2D eigenvalue weighted by Crippen LogP contribution is 2.50. The van der Waals surface area contributed by atoms with E-state index in [0.717, 1.165) is 60.1 Å². The highest BCUT2D eigenvalue weighted by molar-refractivity contribution is 7.02. The predicted octanol–water partition coefficient (Wildman–Crippen LogP) is 15.1. The minimum absolute atomic E-state index is 0.149. The molecule has 15 rings (SSSR count). The Balaban J connectivity index is 1.15. The van der Waals surface area contributed by atoms with Gasteiger partial charge < -0.3 is 18.6 Å². The van der Waals surface area contributed by atoms with E-state index in [1.54, 1.807) is 0 Å². The van der Waals surface area contributed by atoms with E-state index < -0.39 is 0 Å². The summed E-state index contributed by atoms with van der Waals surface area (Å²) >= 11 is 0. The third-order valence-corrected chi connectivity index (χ3v) is 19.0. The molecule has 4 unspecified atom stereocenters. The summed E-state index contributed by atoms with van der Waals surface area (Å²) in [6.07, 6.45) is 4.27. The van der Waals surface area contributed by atoms with E-state index in [1.165, 1.54) is 121 Å². The van der Waals surface area contributed by atoms with E-state index in [4.69, 9.17) is 9.47 Å². The molecule has 4 atom stereocenters. The third-order valence-electron chi connectivity index (χ3n) is 19.0. The van der Waals surface area contributed by atoms with Gasteiger partial charge in [0.15, 0.2) is 0 Å². The van der Waals surface area contributed by atoms with E-state index in [1.807, 2.05) is 0 Å². The molecule has 4 nitrogen and oxygen atoms in total. The second-order valence-electron chi connectivity index (χ2n) is 23.0. The lowest BCUT2D eigenvalue weighted by atomic mass is 9.31. The largest absolute Gasteiger partial charge is 0.456 e. The first-order chi connectivity index (χ1) is 37.2. The standard InChI is InChI=1S/C70H62B2N2O2/c1-9-39(5)45-23-27-59-51(31-45)53-33-49(41(7)11-3)37-57-65(53)73(59)67-63-70(76-61-29-25-47(35-55(61)71(57)63)43-19-15-13-16-20-43)68-64-69(67)75-62-30-26-48(44-21-17-14-18-22-44)36-56(62)72(64)58-38-50(42(8)12-4)34-54-52-32-46(40(6)10-2)24-28-60(52)74(68)66(54)58/h13-42H,9-12H2,1-8H3. The SMILES string of the molecule is CCC(C)c1ccc2c(c1)c1cc(C(C)CC)cc3c1n2-c1c2c4c(c5c1B3c1cc(-c3ccccc3)ccc1O5)-n1c3ccc(C(C)CC)cc3c3cc(C(C)CC)cc(c31)B4c1cc(-c3ccccc3)ccc1O2. The van der Waals surface area contributed by atoms with Crippen molar-refractivity contribution in [2.75, 3.05) is 0 Å². The number of nitrogens with zero attached hydrogens (tertiary/aromatic N) is 2. The lowest BCUT2D eigenvalue weighted by Crippen LogP contribution is -2.63. The fourth-order valence-electron chi connectivity index (χ4n) is 13.9. The Morgan fingerprint density at radius 2 is 0.750 bits per heavy atom. The van der Waals surface area contributed by atoms with Crippen molar-refractivity contribution in [3.05, 3.63) is 180 Å². The number of aromatic nitrogens is 2.